The molecule has 0 spiro atoms. The van der Waals surface area contributed by atoms with Crippen molar-refractivity contribution >= 4 is 17.7 Å². The molecule has 3 amide bonds. The van der Waals surface area contributed by atoms with Crippen LogP contribution in [0.15, 0.2) is 0 Å². The lowest BCUT2D eigenvalue weighted by atomic mass is 9.93. The van der Waals surface area contributed by atoms with Crippen LogP contribution in [0.3, 0.4) is 0 Å². The number of carbonyl (C=O) groups is 3. The van der Waals surface area contributed by atoms with E-state index in [1.54, 1.807) is 0 Å². The Morgan fingerprint density at radius 3 is 0.827 bits per heavy atom. The number of hydrogen-bond donors (Lipinski definition) is 26. The van der Waals surface area contributed by atoms with E-state index >= 15 is 0 Å². The number of amides is 3. The van der Waals surface area contributed by atoms with Gasteiger partial charge in [-0.15, -0.1) is 0 Å². The number of rotatable bonds is 25. The van der Waals surface area contributed by atoms with Crippen LogP contribution in [-0.2, 0) is 85.4 Å². The number of carbonyl (C=O) groups excluding carboxylic acids is 3. The highest BCUT2D eigenvalue weighted by Gasteiger charge is 2.60. The van der Waals surface area contributed by atoms with Crippen LogP contribution in [0.2, 0.25) is 0 Å². The standard InChI is InChI=1S/C54H91N3O41/c1-12(66)55-23-32(75)41(93-53-39(82)46(30(73)19(8-62)88-53)98-50-25(57-14(3)68)43(27(70)16(5-59)85-50)95-51-36(79)33(76)26(69)15(4-58)86-51)22(11-65)90-48(23)96-44-28(71)17(6-60)87-52(37(44)80)92-40-21(10-64)91-49(24(31(40)74)56-13(2)67)97-45-29(72)18(7-61)89-54(38(45)81)94-42-20(9-63)84-47(83)35(78)34(42)77/h15-54,58-65,69-83H,4-11H2,1-3H3,(H,55,66)(H,56,67)(H,57,68)/t15-,16-,17-,18-,19-,20-,21-,22-,23-,24-,25-,26+,27-,28+,29+,30+,31-,32-,33+,34-,35-,36-,37-,38-,39-,40-,41-,42-,43-,44+,45+,46+,47?,48+,49+,50+,51+,52+,53+,54+/m1/s1. The molecule has 568 valence electrons. The highest BCUT2D eigenvalue weighted by molar-refractivity contribution is 5.74. The maximum Gasteiger partial charge on any atom is 0.217 e. The topological polar surface area (TPSA) is 691 Å². The van der Waals surface area contributed by atoms with Crippen LogP contribution in [-0.4, -0.2) is 433 Å². The van der Waals surface area contributed by atoms with Gasteiger partial charge in [-0.3, -0.25) is 14.4 Å². The van der Waals surface area contributed by atoms with Gasteiger partial charge >= 0.3 is 0 Å². The van der Waals surface area contributed by atoms with E-state index in [0.717, 1.165) is 20.8 Å². The fourth-order valence-electron chi connectivity index (χ4n) is 12.7. The van der Waals surface area contributed by atoms with Gasteiger partial charge < -0.3 is 204 Å². The molecule has 44 heteroatoms. The molecule has 0 saturated carbocycles. The Morgan fingerprint density at radius 2 is 0.490 bits per heavy atom. The van der Waals surface area contributed by atoms with Gasteiger partial charge in [-0.2, -0.15) is 0 Å². The lowest BCUT2D eigenvalue weighted by Gasteiger charge is -2.51. The van der Waals surface area contributed by atoms with Gasteiger partial charge in [0.15, 0.2) is 50.3 Å². The molecule has 44 nitrogen and oxygen atoms in total. The molecular formula is C54H91N3O41. The molecule has 8 heterocycles. The van der Waals surface area contributed by atoms with Gasteiger partial charge in [0.2, 0.25) is 17.7 Å². The normalized spacial score (nSPS) is 49.5. The third kappa shape index (κ3) is 17.3. The Balaban J connectivity index is 0.990. The van der Waals surface area contributed by atoms with Crippen molar-refractivity contribution in [2.24, 2.45) is 0 Å². The van der Waals surface area contributed by atoms with Gasteiger partial charge in [0.1, 0.15) is 195 Å². The summed E-state index contributed by atoms with van der Waals surface area (Å²) in [6, 6.07) is -5.57. The van der Waals surface area contributed by atoms with Gasteiger partial charge in [0.25, 0.3) is 0 Å². The quantitative estimate of drug-likeness (QED) is 0.0404. The summed E-state index contributed by atoms with van der Waals surface area (Å²) in [6.45, 7) is -5.46. The third-order valence-corrected chi connectivity index (χ3v) is 17.9. The zero-order valence-electron chi connectivity index (χ0n) is 52.4. The van der Waals surface area contributed by atoms with Crippen molar-refractivity contribution in [1.29, 1.82) is 0 Å². The Kier molecular flexibility index (Phi) is 28.9. The minimum absolute atomic E-state index is 0.875. The van der Waals surface area contributed by atoms with Gasteiger partial charge in [-0.25, -0.2) is 0 Å². The number of aliphatic hydroxyl groups excluding tert-OH is 23. The smallest absolute Gasteiger partial charge is 0.217 e. The van der Waals surface area contributed by atoms with E-state index in [0.29, 0.717) is 0 Å². The summed E-state index contributed by atoms with van der Waals surface area (Å²) in [7, 11) is 0. The average molecular weight is 1440 g/mol. The summed E-state index contributed by atoms with van der Waals surface area (Å²) < 4.78 is 86.6. The van der Waals surface area contributed by atoms with Crippen molar-refractivity contribution in [3.8, 4) is 0 Å². The fraction of sp³-hybridized carbons (Fsp3) is 0.944. The van der Waals surface area contributed by atoms with Crippen LogP contribution in [0.4, 0.5) is 0 Å². The molecule has 1 unspecified atom stereocenters. The fourth-order valence-corrected chi connectivity index (χ4v) is 12.7. The van der Waals surface area contributed by atoms with E-state index < -0.39 is 316 Å². The van der Waals surface area contributed by atoms with E-state index in [4.69, 9.17) is 71.1 Å². The van der Waals surface area contributed by atoms with Gasteiger partial charge in [0, 0.05) is 20.8 Å². The molecule has 8 aliphatic rings. The van der Waals surface area contributed by atoms with Crippen molar-refractivity contribution in [2.45, 2.75) is 266 Å². The summed E-state index contributed by atoms with van der Waals surface area (Å²) in [5, 5.41) is 258. The first-order valence-electron chi connectivity index (χ1n) is 31.1. The lowest BCUT2D eigenvalue weighted by molar-refractivity contribution is -0.389. The van der Waals surface area contributed by atoms with Gasteiger partial charge in [0.05, 0.1) is 52.9 Å². The van der Waals surface area contributed by atoms with E-state index in [-0.39, 0.29) is 0 Å². The van der Waals surface area contributed by atoms with E-state index in [2.05, 4.69) is 16.0 Å². The maximum absolute atomic E-state index is 12.9. The Labute approximate surface area is 554 Å². The van der Waals surface area contributed by atoms with E-state index in [1.807, 2.05) is 0 Å². The van der Waals surface area contributed by atoms with Crippen LogP contribution >= 0.6 is 0 Å². The molecular weight excluding hydrogens is 1350 g/mol. The van der Waals surface area contributed by atoms with Crippen molar-refractivity contribution < 1.29 is 203 Å². The molecule has 98 heavy (non-hydrogen) atoms. The number of hydrogen-bond acceptors (Lipinski definition) is 41. The van der Waals surface area contributed by atoms with Crippen molar-refractivity contribution in [1.82, 2.24) is 16.0 Å². The van der Waals surface area contributed by atoms with Crippen LogP contribution in [0.1, 0.15) is 20.8 Å². The Hall–Kier alpha value is -3.11. The SMILES string of the molecule is CC(=O)N[C@H]1[C@H](O[C@H]2[C@@H](O)[C@@H](CO)O[C@@H](O[C@H]3[C@H](O)[C@@H](NC(C)=O)[C@H](O[C@H]4[C@@H](O)[C@@H](CO)O[C@@H](O[C@H]5[C@H](O)[C@@H](O)C(O)O[C@@H]5CO)[C@@H]4O)O[C@@H]3CO)[C@@H]2O)O[C@H](CO)[C@@H](O[C@@H]2O[C@H](CO)[C@H](O)[C@H](O[C@@H]3O[C@H](CO)[C@@H](O)[C@H](O[C@@H]4O[C@H](CO)[C@H](O)[C@H](O)[C@H]4O)[C@H]3NC(C)=O)[C@H]2O)[C@@H]1O. The second kappa shape index (κ2) is 35.1. The largest absolute Gasteiger partial charge is 0.394 e. The summed E-state index contributed by atoms with van der Waals surface area (Å²) >= 11 is 0. The first kappa shape index (κ1) is 80.6. The summed E-state index contributed by atoms with van der Waals surface area (Å²) in [5.41, 5.74) is 0. The second-order valence-corrected chi connectivity index (χ2v) is 24.6. The summed E-state index contributed by atoms with van der Waals surface area (Å²) in [4.78, 5) is 38.4. The zero-order chi connectivity index (χ0) is 72.2. The van der Waals surface area contributed by atoms with E-state index in [9.17, 15) is 132 Å². The first-order chi connectivity index (χ1) is 46.4. The summed E-state index contributed by atoms with van der Waals surface area (Å²) in [6.07, 6.45) is -73.6. The van der Waals surface area contributed by atoms with Crippen LogP contribution < -0.4 is 16.0 Å². The molecule has 0 aromatic heterocycles. The number of nitrogens with one attached hydrogen (secondary N) is 3. The lowest BCUT2D eigenvalue weighted by Crippen LogP contribution is -2.71. The van der Waals surface area contributed by atoms with Crippen LogP contribution in [0.5, 0.6) is 0 Å². The highest BCUT2D eigenvalue weighted by Crippen LogP contribution is 2.39. The van der Waals surface area contributed by atoms with Crippen LogP contribution in [0.25, 0.3) is 0 Å². The average Bonchev–Trinajstić information content (AvgIpc) is 0.773. The first-order valence-corrected chi connectivity index (χ1v) is 31.1. The molecule has 0 aromatic rings. The predicted molar refractivity (Wildman–Crippen MR) is 299 cm³/mol. The highest BCUT2D eigenvalue weighted by atomic mass is 16.8. The number of ether oxygens (including phenoxy) is 15. The molecule has 40 atom stereocenters. The number of aliphatic hydroxyl groups is 23. The van der Waals surface area contributed by atoms with Crippen molar-refractivity contribution in [2.75, 3.05) is 52.9 Å². The minimum atomic E-state index is -2.33. The summed E-state index contributed by atoms with van der Waals surface area (Å²) in [5.74, 6) is -2.72. The molecule has 8 saturated heterocycles. The zero-order valence-corrected chi connectivity index (χ0v) is 52.4. The van der Waals surface area contributed by atoms with Gasteiger partial charge in [-0.05, 0) is 0 Å². The third-order valence-electron chi connectivity index (χ3n) is 17.9. The van der Waals surface area contributed by atoms with Crippen LogP contribution in [0, 0.1) is 0 Å². The monoisotopic (exact) mass is 1440 g/mol. The molecule has 8 rings (SSSR count). The maximum atomic E-state index is 12.9. The Bertz CT molecular complexity index is 2510. The predicted octanol–water partition coefficient (Wildman–Crippen LogP) is -18.0. The van der Waals surface area contributed by atoms with E-state index in [1.165, 1.54) is 0 Å². The molecule has 0 aromatic carbocycles. The second-order valence-electron chi connectivity index (χ2n) is 24.6. The molecule has 8 aliphatic heterocycles. The molecule has 26 N–H and O–H groups in total. The Morgan fingerprint density at radius 1 is 0.245 bits per heavy atom. The van der Waals surface area contributed by atoms with Crippen molar-refractivity contribution in [3.63, 3.8) is 0 Å². The van der Waals surface area contributed by atoms with Gasteiger partial charge in [-0.1, -0.05) is 0 Å². The molecule has 8 fully saturated rings. The molecule has 0 aliphatic carbocycles. The minimum Gasteiger partial charge on any atom is -0.394 e. The molecule has 0 radical (unpaired) electrons. The van der Waals surface area contributed by atoms with Crippen molar-refractivity contribution in [3.05, 3.63) is 0 Å². The molecule has 0 bridgehead atoms.